The second kappa shape index (κ2) is 8.11. The Balaban J connectivity index is 1.53. The van der Waals surface area contributed by atoms with Crippen molar-refractivity contribution in [3.8, 4) is 0 Å². The van der Waals surface area contributed by atoms with Crippen LogP contribution in [0.1, 0.15) is 28.4 Å². The number of fused-ring (bicyclic) bond motifs is 3. The summed E-state index contributed by atoms with van der Waals surface area (Å²) < 4.78 is 0. The van der Waals surface area contributed by atoms with Gasteiger partial charge in [0.15, 0.2) is 0 Å². The average molecular weight is 409 g/mol. The van der Waals surface area contributed by atoms with Crippen LogP contribution in [0.5, 0.6) is 0 Å². The van der Waals surface area contributed by atoms with Crippen LogP contribution in [0, 0.1) is 10.1 Å². The smallest absolute Gasteiger partial charge is 0.269 e. The third-order valence-corrected chi connectivity index (χ3v) is 5.98. The van der Waals surface area contributed by atoms with Gasteiger partial charge in [-0.1, -0.05) is 54.6 Å². The minimum atomic E-state index is -0.351. The first-order valence-electron chi connectivity index (χ1n) is 10.5. The lowest BCUT2D eigenvalue weighted by atomic mass is 9.92. The molecule has 0 aliphatic carbocycles. The molecule has 31 heavy (non-hydrogen) atoms. The Morgan fingerprint density at radius 2 is 1.74 bits per heavy atom. The van der Waals surface area contributed by atoms with Crippen molar-refractivity contribution in [2.24, 2.45) is 0 Å². The number of hydrogen-bond donors (Lipinski definition) is 1. The Morgan fingerprint density at radius 3 is 2.52 bits per heavy atom. The van der Waals surface area contributed by atoms with Gasteiger partial charge in [0.2, 0.25) is 0 Å². The Hall–Kier alpha value is -3.86. The zero-order valence-corrected chi connectivity index (χ0v) is 17.1. The van der Waals surface area contributed by atoms with E-state index in [2.05, 4.69) is 64.6 Å². The Labute approximate surface area is 180 Å². The molecule has 1 aromatic heterocycles. The zero-order chi connectivity index (χ0) is 21.2. The lowest BCUT2D eigenvalue weighted by Gasteiger charge is -2.35. The van der Waals surface area contributed by atoms with Gasteiger partial charge in [0.05, 0.1) is 11.0 Å². The van der Waals surface area contributed by atoms with Crippen LogP contribution < -0.4 is 0 Å². The summed E-state index contributed by atoms with van der Waals surface area (Å²) in [5, 5.41) is 12.4. The number of nitro groups is 1. The van der Waals surface area contributed by atoms with E-state index in [1.165, 1.54) is 22.2 Å². The largest absolute Gasteiger partial charge is 0.365 e. The summed E-state index contributed by atoms with van der Waals surface area (Å²) >= 11 is 0. The summed E-state index contributed by atoms with van der Waals surface area (Å²) in [6.45, 7) is 0.891. The number of nitrogens with zero attached hydrogens (tertiary/aromatic N) is 2. The maximum Gasteiger partial charge on any atom is 0.269 e. The number of nitro benzene ring substituents is 1. The highest BCUT2D eigenvalue weighted by Crippen LogP contribution is 2.38. The second-order valence-corrected chi connectivity index (χ2v) is 7.88. The number of aromatic nitrogens is 1. The summed E-state index contributed by atoms with van der Waals surface area (Å²) in [6, 6.07) is 25.7. The van der Waals surface area contributed by atoms with Gasteiger partial charge < -0.3 is 9.88 Å². The second-order valence-electron chi connectivity index (χ2n) is 7.88. The molecule has 0 fully saturated rings. The van der Waals surface area contributed by atoms with Crippen molar-refractivity contribution < 1.29 is 4.92 Å². The van der Waals surface area contributed by atoms with Crippen LogP contribution in [-0.2, 0) is 12.8 Å². The van der Waals surface area contributed by atoms with Crippen LogP contribution in [0.2, 0.25) is 0 Å². The van der Waals surface area contributed by atoms with Crippen molar-refractivity contribution in [3.05, 3.63) is 124 Å². The summed E-state index contributed by atoms with van der Waals surface area (Å²) in [4.78, 5) is 16.7. The molecule has 0 bridgehead atoms. The molecule has 154 valence electrons. The van der Waals surface area contributed by atoms with E-state index in [0.29, 0.717) is 0 Å². The van der Waals surface area contributed by atoms with Crippen molar-refractivity contribution in [2.75, 3.05) is 6.54 Å². The van der Waals surface area contributed by atoms with Gasteiger partial charge in [-0.15, -0.1) is 0 Å². The average Bonchev–Trinajstić information content (AvgIpc) is 3.18. The third-order valence-electron chi connectivity index (χ3n) is 5.98. The van der Waals surface area contributed by atoms with Crippen LogP contribution in [0.3, 0.4) is 0 Å². The Bertz CT molecular complexity index is 1240. The monoisotopic (exact) mass is 409 g/mol. The molecule has 2 heterocycles. The fraction of sp³-hybridized carbons (Fsp3) is 0.154. The van der Waals surface area contributed by atoms with Crippen molar-refractivity contribution in [1.82, 2.24) is 9.88 Å². The predicted molar refractivity (Wildman–Crippen MR) is 123 cm³/mol. The molecule has 1 N–H and O–H groups in total. The highest BCUT2D eigenvalue weighted by atomic mass is 16.6. The Kier molecular flexibility index (Phi) is 5.00. The van der Waals surface area contributed by atoms with Gasteiger partial charge in [-0.2, -0.15) is 0 Å². The summed E-state index contributed by atoms with van der Waals surface area (Å²) in [5.74, 6) is 0. The zero-order valence-electron chi connectivity index (χ0n) is 17.1. The molecule has 1 aliphatic rings. The number of non-ortho nitro benzene ring substituents is 1. The third kappa shape index (κ3) is 3.70. The highest BCUT2D eigenvalue weighted by molar-refractivity contribution is 5.85. The SMILES string of the molecule is O=[N+]([O-])c1ccc(C2c3[nH]c4ccccc4c3CCN2/C=C/Cc2ccccc2)cc1. The van der Waals surface area contributed by atoms with Gasteiger partial charge in [-0.05, 0) is 53.9 Å². The summed E-state index contributed by atoms with van der Waals surface area (Å²) in [5.41, 5.74) is 6.07. The molecule has 0 spiro atoms. The number of nitrogens with one attached hydrogen (secondary N) is 1. The van der Waals surface area contributed by atoms with Crippen molar-refractivity contribution in [1.29, 1.82) is 0 Å². The molecule has 1 atom stereocenters. The molecule has 1 unspecified atom stereocenters. The van der Waals surface area contributed by atoms with Crippen molar-refractivity contribution in [3.63, 3.8) is 0 Å². The number of H-pyrrole nitrogens is 1. The number of para-hydroxylation sites is 1. The minimum absolute atomic E-state index is 0.0102. The van der Waals surface area contributed by atoms with E-state index >= 15 is 0 Å². The number of allylic oxidation sites excluding steroid dienone is 1. The molecule has 0 saturated carbocycles. The topological polar surface area (TPSA) is 62.2 Å². The van der Waals surface area contributed by atoms with Gasteiger partial charge >= 0.3 is 0 Å². The van der Waals surface area contributed by atoms with Gasteiger partial charge in [0, 0.05) is 35.3 Å². The maximum absolute atomic E-state index is 11.1. The first-order valence-corrected chi connectivity index (χ1v) is 10.5. The molecule has 5 rings (SSSR count). The molecular formula is C26H23N3O2. The van der Waals surface area contributed by atoms with Gasteiger partial charge in [0.25, 0.3) is 5.69 Å². The normalized spacial score (nSPS) is 16.0. The van der Waals surface area contributed by atoms with E-state index in [1.807, 2.05) is 24.3 Å². The fourth-order valence-corrected chi connectivity index (χ4v) is 4.49. The summed E-state index contributed by atoms with van der Waals surface area (Å²) in [6.07, 6.45) is 6.19. The molecule has 5 nitrogen and oxygen atoms in total. The number of hydrogen-bond acceptors (Lipinski definition) is 3. The van der Waals surface area contributed by atoms with E-state index < -0.39 is 0 Å². The number of benzene rings is 3. The van der Waals surface area contributed by atoms with Gasteiger partial charge in [0.1, 0.15) is 0 Å². The standard InChI is InChI=1S/C26H23N3O2/c30-29(31)21-14-12-20(13-15-21)26-25-23(22-10-4-5-11-24(22)27-25)16-18-28(26)17-6-9-19-7-2-1-3-8-19/h1-8,10-15,17,26-27H,9,16,18H2/b17-6+. The lowest BCUT2D eigenvalue weighted by Crippen LogP contribution is -2.32. The summed E-state index contributed by atoms with van der Waals surface area (Å²) in [7, 11) is 0. The van der Waals surface area contributed by atoms with Crippen molar-refractivity contribution >= 4 is 16.6 Å². The molecule has 0 amide bonds. The van der Waals surface area contributed by atoms with Crippen molar-refractivity contribution in [2.45, 2.75) is 18.9 Å². The number of aromatic amines is 1. The highest BCUT2D eigenvalue weighted by Gasteiger charge is 2.30. The molecular weight excluding hydrogens is 386 g/mol. The quantitative estimate of drug-likeness (QED) is 0.336. The van der Waals surface area contributed by atoms with Crippen LogP contribution in [-0.4, -0.2) is 21.4 Å². The maximum atomic E-state index is 11.1. The van der Waals surface area contributed by atoms with E-state index in [0.717, 1.165) is 30.5 Å². The fourth-order valence-electron chi connectivity index (χ4n) is 4.49. The first-order chi connectivity index (χ1) is 15.2. The molecule has 5 heteroatoms. The van der Waals surface area contributed by atoms with Crippen LogP contribution in [0.4, 0.5) is 5.69 Å². The first kappa shape index (κ1) is 19.1. The van der Waals surface area contributed by atoms with E-state index in [4.69, 9.17) is 0 Å². The van der Waals surface area contributed by atoms with Crippen LogP contribution >= 0.6 is 0 Å². The number of rotatable bonds is 5. The molecule has 0 radical (unpaired) electrons. The van der Waals surface area contributed by atoms with Crippen LogP contribution in [0.25, 0.3) is 10.9 Å². The van der Waals surface area contributed by atoms with E-state index in [-0.39, 0.29) is 16.7 Å². The minimum Gasteiger partial charge on any atom is -0.365 e. The van der Waals surface area contributed by atoms with Crippen LogP contribution in [0.15, 0.2) is 91.1 Å². The molecule has 1 aliphatic heterocycles. The lowest BCUT2D eigenvalue weighted by molar-refractivity contribution is -0.384. The molecule has 3 aromatic carbocycles. The van der Waals surface area contributed by atoms with E-state index in [1.54, 1.807) is 12.1 Å². The van der Waals surface area contributed by atoms with E-state index in [9.17, 15) is 10.1 Å². The Morgan fingerprint density at radius 1 is 1.00 bits per heavy atom. The van der Waals surface area contributed by atoms with Gasteiger partial charge in [-0.3, -0.25) is 10.1 Å². The van der Waals surface area contributed by atoms with Gasteiger partial charge in [-0.25, -0.2) is 0 Å². The molecule has 0 saturated heterocycles. The predicted octanol–water partition coefficient (Wildman–Crippen LogP) is 5.78. The molecule has 4 aromatic rings.